The van der Waals surface area contributed by atoms with Crippen LogP contribution in [0.2, 0.25) is 0 Å². The molecule has 2 unspecified atom stereocenters. The van der Waals surface area contributed by atoms with Gasteiger partial charge in [-0.2, -0.15) is 0 Å². The van der Waals surface area contributed by atoms with Gasteiger partial charge in [-0.05, 0) is 24.2 Å². The fourth-order valence-corrected chi connectivity index (χ4v) is 2.43. The van der Waals surface area contributed by atoms with E-state index < -0.39 is 6.10 Å². The van der Waals surface area contributed by atoms with Crippen molar-refractivity contribution < 1.29 is 10.2 Å². The molecule has 1 aliphatic rings. The Morgan fingerprint density at radius 2 is 2.15 bits per heavy atom. The van der Waals surface area contributed by atoms with Crippen LogP contribution in [0, 0.1) is 17.8 Å². The highest BCUT2D eigenvalue weighted by Gasteiger charge is 2.36. The fourth-order valence-electron chi connectivity index (χ4n) is 2.43. The van der Waals surface area contributed by atoms with E-state index in [-0.39, 0.29) is 12.0 Å². The van der Waals surface area contributed by atoms with Crippen molar-refractivity contribution in [1.29, 1.82) is 0 Å². The van der Waals surface area contributed by atoms with Crippen LogP contribution in [0.25, 0.3) is 0 Å². The highest BCUT2D eigenvalue weighted by Crippen LogP contribution is 2.42. The Morgan fingerprint density at radius 3 is 2.69 bits per heavy atom. The summed E-state index contributed by atoms with van der Waals surface area (Å²) < 4.78 is 0. The van der Waals surface area contributed by atoms with Gasteiger partial charge < -0.3 is 10.2 Å². The van der Waals surface area contributed by atoms with E-state index in [1.807, 2.05) is 0 Å². The minimum absolute atomic E-state index is 0.0201. The van der Waals surface area contributed by atoms with E-state index >= 15 is 0 Å². The summed E-state index contributed by atoms with van der Waals surface area (Å²) in [6, 6.07) is 0. The van der Waals surface area contributed by atoms with E-state index in [0.717, 1.165) is 6.42 Å². The molecule has 2 nitrogen and oxygen atoms in total. The maximum absolute atomic E-state index is 9.79. The molecule has 0 bridgehead atoms. The predicted octanol–water partition coefficient (Wildman–Crippen LogP) is 1.76. The molecule has 2 atom stereocenters. The van der Waals surface area contributed by atoms with Gasteiger partial charge in [-0.15, -0.1) is 0 Å². The largest absolute Gasteiger partial charge is 0.396 e. The normalized spacial score (nSPS) is 30.0. The molecule has 1 radical (unpaired) electrons. The molecule has 0 aliphatic heterocycles. The summed E-state index contributed by atoms with van der Waals surface area (Å²) in [6.45, 7) is 4.41. The van der Waals surface area contributed by atoms with Crippen molar-refractivity contribution >= 4 is 0 Å². The minimum Gasteiger partial charge on any atom is -0.396 e. The van der Waals surface area contributed by atoms with Gasteiger partial charge in [-0.25, -0.2) is 0 Å². The van der Waals surface area contributed by atoms with E-state index in [0.29, 0.717) is 5.92 Å². The summed E-state index contributed by atoms with van der Waals surface area (Å²) in [7, 11) is 0. The lowest BCUT2D eigenvalue weighted by atomic mass is 9.66. The maximum atomic E-state index is 9.79. The second kappa shape index (κ2) is 4.43. The van der Waals surface area contributed by atoms with E-state index in [1.165, 1.54) is 19.3 Å². The molecule has 1 saturated carbocycles. The Kier molecular flexibility index (Phi) is 3.74. The molecule has 1 aliphatic carbocycles. The summed E-state index contributed by atoms with van der Waals surface area (Å²) in [5.41, 5.74) is 0.226. The van der Waals surface area contributed by atoms with Crippen molar-refractivity contribution in [2.45, 2.75) is 45.6 Å². The molecule has 0 aromatic heterocycles. The standard InChI is InChI=1S/C11H21O2/c1-11(2)7-4-3-5-9(11)10(13)6-8-12/h6,9-10,12-13H,3-5,7-8H2,1-2H3. The summed E-state index contributed by atoms with van der Waals surface area (Å²) in [4.78, 5) is 0. The van der Waals surface area contributed by atoms with Crippen LogP contribution in [0.15, 0.2) is 0 Å². The van der Waals surface area contributed by atoms with Gasteiger partial charge in [0.05, 0.1) is 6.10 Å². The molecule has 0 heterocycles. The van der Waals surface area contributed by atoms with Crippen molar-refractivity contribution in [2.24, 2.45) is 11.3 Å². The SMILES string of the molecule is CC1(C)CCCCC1C(O)[CH]CO. The summed E-state index contributed by atoms with van der Waals surface area (Å²) in [5, 5.41) is 18.5. The first-order valence-corrected chi connectivity index (χ1v) is 5.20. The number of hydrogen-bond donors (Lipinski definition) is 2. The molecule has 0 amide bonds. The van der Waals surface area contributed by atoms with E-state index in [2.05, 4.69) is 13.8 Å². The second-order valence-corrected chi connectivity index (χ2v) is 4.75. The second-order valence-electron chi connectivity index (χ2n) is 4.75. The third kappa shape index (κ3) is 2.68. The van der Waals surface area contributed by atoms with E-state index in [4.69, 9.17) is 5.11 Å². The van der Waals surface area contributed by atoms with Crippen LogP contribution in [-0.2, 0) is 0 Å². The van der Waals surface area contributed by atoms with E-state index in [1.54, 1.807) is 6.42 Å². The van der Waals surface area contributed by atoms with Gasteiger partial charge in [0.25, 0.3) is 0 Å². The predicted molar refractivity (Wildman–Crippen MR) is 53.1 cm³/mol. The van der Waals surface area contributed by atoms with Crippen LogP contribution in [0.5, 0.6) is 0 Å². The molecular formula is C11H21O2. The van der Waals surface area contributed by atoms with Gasteiger partial charge in [0.1, 0.15) is 0 Å². The van der Waals surface area contributed by atoms with Crippen LogP contribution in [0.4, 0.5) is 0 Å². The minimum atomic E-state index is -0.430. The third-order valence-corrected chi connectivity index (χ3v) is 3.35. The van der Waals surface area contributed by atoms with Crippen LogP contribution in [0.3, 0.4) is 0 Å². The van der Waals surface area contributed by atoms with Gasteiger partial charge in [0.2, 0.25) is 0 Å². The third-order valence-electron chi connectivity index (χ3n) is 3.35. The lowest BCUT2D eigenvalue weighted by Crippen LogP contribution is -2.37. The molecule has 1 fully saturated rings. The molecule has 1 rings (SSSR count). The van der Waals surface area contributed by atoms with Crippen LogP contribution in [0.1, 0.15) is 39.5 Å². The summed E-state index contributed by atoms with van der Waals surface area (Å²) in [6.07, 6.45) is 5.94. The number of aliphatic hydroxyl groups is 2. The van der Waals surface area contributed by atoms with Gasteiger partial charge in [0.15, 0.2) is 0 Å². The van der Waals surface area contributed by atoms with Crippen LogP contribution < -0.4 is 0 Å². The average Bonchev–Trinajstić information content (AvgIpc) is 2.03. The lowest BCUT2D eigenvalue weighted by Gasteiger charge is -2.41. The lowest BCUT2D eigenvalue weighted by molar-refractivity contribution is 0.0181. The first kappa shape index (κ1) is 11.0. The van der Waals surface area contributed by atoms with Crippen molar-refractivity contribution in [2.75, 3.05) is 6.61 Å². The van der Waals surface area contributed by atoms with Crippen molar-refractivity contribution in [3.05, 3.63) is 6.42 Å². The Bertz CT molecular complexity index is 154. The monoisotopic (exact) mass is 185 g/mol. The molecule has 2 N–H and O–H groups in total. The number of aliphatic hydroxyl groups excluding tert-OH is 2. The molecule has 0 aromatic carbocycles. The van der Waals surface area contributed by atoms with E-state index in [9.17, 15) is 5.11 Å². The first-order chi connectivity index (χ1) is 6.08. The fraction of sp³-hybridized carbons (Fsp3) is 0.909. The van der Waals surface area contributed by atoms with Gasteiger partial charge in [-0.1, -0.05) is 26.7 Å². The molecular weight excluding hydrogens is 164 g/mol. The Balaban J connectivity index is 2.54. The highest BCUT2D eigenvalue weighted by molar-refractivity contribution is 4.92. The Labute approximate surface area is 81.0 Å². The van der Waals surface area contributed by atoms with Gasteiger partial charge in [-0.3, -0.25) is 0 Å². The van der Waals surface area contributed by atoms with Gasteiger partial charge >= 0.3 is 0 Å². The zero-order valence-electron chi connectivity index (χ0n) is 8.66. The maximum Gasteiger partial charge on any atom is 0.0628 e. The molecule has 0 spiro atoms. The number of rotatable bonds is 3. The number of hydrogen-bond acceptors (Lipinski definition) is 2. The van der Waals surface area contributed by atoms with Crippen LogP contribution >= 0.6 is 0 Å². The quantitative estimate of drug-likeness (QED) is 0.703. The van der Waals surface area contributed by atoms with Gasteiger partial charge in [0, 0.05) is 13.0 Å². The van der Waals surface area contributed by atoms with Crippen LogP contribution in [-0.4, -0.2) is 22.9 Å². The molecule has 2 heteroatoms. The summed E-state index contributed by atoms with van der Waals surface area (Å²) in [5.74, 6) is 0.327. The van der Waals surface area contributed by atoms with Crippen molar-refractivity contribution in [3.63, 3.8) is 0 Å². The summed E-state index contributed by atoms with van der Waals surface area (Å²) >= 11 is 0. The molecule has 0 aromatic rings. The Morgan fingerprint density at radius 1 is 1.46 bits per heavy atom. The highest BCUT2D eigenvalue weighted by atomic mass is 16.3. The molecule has 0 saturated heterocycles. The topological polar surface area (TPSA) is 40.5 Å². The molecule has 13 heavy (non-hydrogen) atoms. The van der Waals surface area contributed by atoms with Crippen molar-refractivity contribution in [3.8, 4) is 0 Å². The smallest absolute Gasteiger partial charge is 0.0628 e. The zero-order valence-corrected chi connectivity index (χ0v) is 8.66. The first-order valence-electron chi connectivity index (χ1n) is 5.20. The average molecular weight is 185 g/mol. The Hall–Kier alpha value is -0.0800. The zero-order chi connectivity index (χ0) is 9.90. The molecule has 77 valence electrons. The van der Waals surface area contributed by atoms with Crippen molar-refractivity contribution in [1.82, 2.24) is 0 Å².